The number of aromatic amines is 1. The lowest BCUT2D eigenvalue weighted by Gasteiger charge is -2.25. The molecule has 2 aromatic heterocycles. The predicted molar refractivity (Wildman–Crippen MR) is 120 cm³/mol. The quantitative estimate of drug-likeness (QED) is 0.511. The maximum absolute atomic E-state index is 12.8. The molecule has 3 rings (SSSR count). The van der Waals surface area contributed by atoms with Crippen molar-refractivity contribution in [1.82, 2.24) is 19.7 Å². The molecule has 0 atom stereocenters. The Bertz CT molecular complexity index is 1100. The molecule has 0 aliphatic carbocycles. The van der Waals surface area contributed by atoms with Gasteiger partial charge in [-0.05, 0) is 24.3 Å². The SMILES string of the molecule is CCCc1noc(CN(CCC(C)C)c2c(N)n(Cc3ccccc3)c(=O)[nH]c2=O)n1. The van der Waals surface area contributed by atoms with Crippen molar-refractivity contribution >= 4 is 11.5 Å². The van der Waals surface area contributed by atoms with Crippen molar-refractivity contribution in [2.45, 2.75) is 53.1 Å². The number of benzene rings is 1. The highest BCUT2D eigenvalue weighted by Gasteiger charge is 2.21. The number of rotatable bonds is 10. The van der Waals surface area contributed by atoms with Gasteiger partial charge in [-0.3, -0.25) is 14.3 Å². The highest BCUT2D eigenvalue weighted by atomic mass is 16.5. The first kappa shape index (κ1) is 22.3. The first-order valence-electron chi connectivity index (χ1n) is 10.6. The van der Waals surface area contributed by atoms with E-state index in [1.165, 1.54) is 4.57 Å². The van der Waals surface area contributed by atoms with Gasteiger partial charge in [-0.25, -0.2) is 4.79 Å². The second-order valence-electron chi connectivity index (χ2n) is 8.02. The fraction of sp³-hybridized carbons (Fsp3) is 0.455. The Kier molecular flexibility index (Phi) is 7.28. The third-order valence-corrected chi connectivity index (χ3v) is 5.00. The molecule has 9 heteroatoms. The minimum absolute atomic E-state index is 0.120. The molecule has 3 aromatic rings. The van der Waals surface area contributed by atoms with E-state index in [0.29, 0.717) is 24.2 Å². The third kappa shape index (κ3) is 5.62. The summed E-state index contributed by atoms with van der Waals surface area (Å²) in [5, 5.41) is 4.00. The second kappa shape index (κ2) is 10.1. The van der Waals surface area contributed by atoms with Crippen molar-refractivity contribution in [1.29, 1.82) is 0 Å². The fourth-order valence-electron chi connectivity index (χ4n) is 3.33. The molecule has 3 N–H and O–H groups in total. The number of H-pyrrole nitrogens is 1. The Morgan fingerprint density at radius 3 is 2.65 bits per heavy atom. The summed E-state index contributed by atoms with van der Waals surface area (Å²) in [6.45, 7) is 7.30. The highest BCUT2D eigenvalue weighted by Crippen LogP contribution is 2.21. The van der Waals surface area contributed by atoms with Gasteiger partial charge in [0.25, 0.3) is 5.56 Å². The topological polar surface area (TPSA) is 123 Å². The normalized spacial score (nSPS) is 11.2. The van der Waals surface area contributed by atoms with Crippen LogP contribution in [0, 0.1) is 5.92 Å². The zero-order chi connectivity index (χ0) is 22.4. The van der Waals surface area contributed by atoms with E-state index in [0.717, 1.165) is 24.8 Å². The van der Waals surface area contributed by atoms with Crippen molar-refractivity contribution < 1.29 is 4.52 Å². The van der Waals surface area contributed by atoms with Gasteiger partial charge in [-0.1, -0.05) is 56.3 Å². The predicted octanol–water partition coefficient (Wildman–Crippen LogP) is 2.56. The van der Waals surface area contributed by atoms with Crippen LogP contribution in [0.5, 0.6) is 0 Å². The number of nitrogens with zero attached hydrogens (tertiary/aromatic N) is 4. The van der Waals surface area contributed by atoms with E-state index in [4.69, 9.17) is 10.3 Å². The van der Waals surface area contributed by atoms with Crippen molar-refractivity contribution in [2.24, 2.45) is 5.92 Å². The van der Waals surface area contributed by atoms with Crippen LogP contribution in [0.3, 0.4) is 0 Å². The highest BCUT2D eigenvalue weighted by molar-refractivity contribution is 5.62. The first-order chi connectivity index (χ1) is 14.9. The number of hydrogen-bond acceptors (Lipinski definition) is 7. The average molecular weight is 427 g/mol. The molecule has 0 fully saturated rings. The average Bonchev–Trinajstić information content (AvgIpc) is 3.17. The van der Waals surface area contributed by atoms with Crippen molar-refractivity contribution in [3.05, 3.63) is 68.4 Å². The standard InChI is InChI=1S/C22H30N6O3/c1-4-8-17-24-18(31-26-17)14-27(12-11-15(2)3)19-20(23)28(22(30)25-21(19)29)13-16-9-6-5-7-10-16/h5-7,9-10,15H,4,8,11-14,23H2,1-3H3,(H,25,29,30). The maximum atomic E-state index is 12.8. The van der Waals surface area contributed by atoms with Crippen molar-refractivity contribution in [3.8, 4) is 0 Å². The number of nitrogens with two attached hydrogens (primary N) is 1. The fourth-order valence-corrected chi connectivity index (χ4v) is 3.33. The third-order valence-electron chi connectivity index (χ3n) is 5.00. The Morgan fingerprint density at radius 1 is 1.23 bits per heavy atom. The molecule has 0 aliphatic heterocycles. The molecule has 1 aromatic carbocycles. The summed E-state index contributed by atoms with van der Waals surface area (Å²) < 4.78 is 6.76. The van der Waals surface area contributed by atoms with Crippen LogP contribution in [0.15, 0.2) is 44.4 Å². The van der Waals surface area contributed by atoms with Gasteiger partial charge in [0.05, 0.1) is 13.1 Å². The molecule has 2 heterocycles. The van der Waals surface area contributed by atoms with Crippen molar-refractivity contribution in [2.75, 3.05) is 17.2 Å². The summed E-state index contributed by atoms with van der Waals surface area (Å²) in [6, 6.07) is 9.49. The Balaban J connectivity index is 1.99. The number of nitrogen functional groups attached to an aromatic ring is 1. The molecule has 0 aliphatic rings. The van der Waals surface area contributed by atoms with Crippen LogP contribution in [0.1, 0.15) is 50.9 Å². The van der Waals surface area contributed by atoms with Gasteiger partial charge in [0.15, 0.2) is 5.82 Å². The molecule has 166 valence electrons. The first-order valence-corrected chi connectivity index (χ1v) is 10.6. The summed E-state index contributed by atoms with van der Waals surface area (Å²) in [5.41, 5.74) is 6.47. The Hall–Kier alpha value is -3.36. The molecule has 0 unspecified atom stereocenters. The number of anilines is 2. The minimum Gasteiger partial charge on any atom is -0.383 e. The van der Waals surface area contributed by atoms with E-state index in [2.05, 4.69) is 29.0 Å². The van der Waals surface area contributed by atoms with Gasteiger partial charge in [0.2, 0.25) is 5.89 Å². The maximum Gasteiger partial charge on any atom is 0.330 e. The number of aryl methyl sites for hydroxylation is 1. The second-order valence-corrected chi connectivity index (χ2v) is 8.02. The molecular weight excluding hydrogens is 396 g/mol. The van der Waals surface area contributed by atoms with E-state index in [9.17, 15) is 9.59 Å². The minimum atomic E-state index is -0.540. The molecule has 0 saturated carbocycles. The van der Waals surface area contributed by atoms with Crippen LogP contribution >= 0.6 is 0 Å². The summed E-state index contributed by atoms with van der Waals surface area (Å²) in [4.78, 5) is 33.9. The summed E-state index contributed by atoms with van der Waals surface area (Å²) in [5.74, 6) is 1.58. The Morgan fingerprint density at radius 2 is 1.97 bits per heavy atom. The molecule has 0 radical (unpaired) electrons. The smallest absolute Gasteiger partial charge is 0.330 e. The summed E-state index contributed by atoms with van der Waals surface area (Å²) in [7, 11) is 0. The van der Waals surface area contributed by atoms with Crippen LogP contribution in [0.4, 0.5) is 11.5 Å². The van der Waals surface area contributed by atoms with Gasteiger partial charge < -0.3 is 15.2 Å². The molecule has 0 saturated heterocycles. The summed E-state index contributed by atoms with van der Waals surface area (Å²) >= 11 is 0. The van der Waals surface area contributed by atoms with Gasteiger partial charge in [0.1, 0.15) is 11.5 Å². The molecular formula is C22H30N6O3. The summed E-state index contributed by atoms with van der Waals surface area (Å²) in [6.07, 6.45) is 2.46. The molecule has 0 amide bonds. The van der Waals surface area contributed by atoms with Crippen molar-refractivity contribution in [3.63, 3.8) is 0 Å². The number of aromatic nitrogens is 4. The molecule has 9 nitrogen and oxygen atoms in total. The molecule has 0 bridgehead atoms. The van der Waals surface area contributed by atoms with Gasteiger partial charge >= 0.3 is 5.69 Å². The van der Waals surface area contributed by atoms with Crippen LogP contribution in [-0.2, 0) is 19.5 Å². The van der Waals surface area contributed by atoms with Crippen LogP contribution in [-0.4, -0.2) is 26.2 Å². The van der Waals surface area contributed by atoms with Gasteiger partial charge in [-0.2, -0.15) is 4.98 Å². The number of hydrogen-bond donors (Lipinski definition) is 2. The van der Waals surface area contributed by atoms with E-state index in [1.807, 2.05) is 42.2 Å². The molecule has 0 spiro atoms. The van der Waals surface area contributed by atoms with Gasteiger partial charge in [-0.15, -0.1) is 0 Å². The zero-order valence-corrected chi connectivity index (χ0v) is 18.3. The lowest BCUT2D eigenvalue weighted by atomic mass is 10.1. The van der Waals surface area contributed by atoms with Crippen LogP contribution < -0.4 is 21.9 Å². The largest absolute Gasteiger partial charge is 0.383 e. The lowest BCUT2D eigenvalue weighted by molar-refractivity contribution is 0.369. The zero-order valence-electron chi connectivity index (χ0n) is 18.3. The van der Waals surface area contributed by atoms with E-state index in [1.54, 1.807) is 0 Å². The van der Waals surface area contributed by atoms with Gasteiger partial charge in [0, 0.05) is 13.0 Å². The van der Waals surface area contributed by atoms with E-state index >= 15 is 0 Å². The monoisotopic (exact) mass is 426 g/mol. The Labute approximate surface area is 180 Å². The van der Waals surface area contributed by atoms with E-state index in [-0.39, 0.29) is 24.6 Å². The van der Waals surface area contributed by atoms with E-state index < -0.39 is 11.2 Å². The number of nitrogens with one attached hydrogen (secondary N) is 1. The van der Waals surface area contributed by atoms with Crippen LogP contribution in [0.2, 0.25) is 0 Å². The van der Waals surface area contributed by atoms with Crippen LogP contribution in [0.25, 0.3) is 0 Å². The lowest BCUT2D eigenvalue weighted by Crippen LogP contribution is -2.39. The molecule has 31 heavy (non-hydrogen) atoms.